The van der Waals surface area contributed by atoms with Crippen LogP contribution in [0.5, 0.6) is 5.88 Å². The van der Waals surface area contributed by atoms with Crippen LogP contribution < -0.4 is 15.1 Å². The first-order valence-corrected chi connectivity index (χ1v) is 11.2. The van der Waals surface area contributed by atoms with E-state index in [9.17, 15) is 13.6 Å². The third kappa shape index (κ3) is 4.13. The van der Waals surface area contributed by atoms with Crippen molar-refractivity contribution in [1.29, 1.82) is 0 Å². The zero-order chi connectivity index (χ0) is 22.3. The molecule has 3 aliphatic rings. The van der Waals surface area contributed by atoms with Gasteiger partial charge in [0.15, 0.2) is 11.3 Å². The third-order valence-corrected chi connectivity index (χ3v) is 6.63. The molecule has 6 nitrogen and oxygen atoms in total. The summed E-state index contributed by atoms with van der Waals surface area (Å²) >= 11 is 0. The van der Waals surface area contributed by atoms with Gasteiger partial charge in [0.25, 0.3) is 5.92 Å². The zero-order valence-corrected chi connectivity index (χ0v) is 18.2. The largest absolute Gasteiger partial charge is 0.476 e. The Morgan fingerprint density at radius 1 is 1.16 bits per heavy atom. The molecule has 1 aromatic heterocycles. The number of ether oxygens (including phenoxy) is 3. The van der Waals surface area contributed by atoms with Crippen LogP contribution in [0.15, 0.2) is 29.1 Å². The molecule has 2 fully saturated rings. The van der Waals surface area contributed by atoms with Crippen molar-refractivity contribution in [3.05, 3.63) is 45.6 Å². The van der Waals surface area contributed by atoms with E-state index in [1.165, 1.54) is 0 Å². The van der Waals surface area contributed by atoms with Crippen molar-refractivity contribution in [3.63, 3.8) is 0 Å². The predicted molar refractivity (Wildman–Crippen MR) is 117 cm³/mol. The molecule has 4 heterocycles. The van der Waals surface area contributed by atoms with Gasteiger partial charge in [-0.2, -0.15) is 0 Å². The Morgan fingerprint density at radius 3 is 2.72 bits per heavy atom. The van der Waals surface area contributed by atoms with Crippen LogP contribution in [0.1, 0.15) is 24.0 Å². The van der Waals surface area contributed by atoms with Crippen LogP contribution in [-0.2, 0) is 22.4 Å². The van der Waals surface area contributed by atoms with Gasteiger partial charge in [0.1, 0.15) is 12.7 Å². The van der Waals surface area contributed by atoms with Crippen molar-refractivity contribution in [1.82, 2.24) is 4.57 Å². The van der Waals surface area contributed by atoms with Crippen molar-refractivity contribution in [2.24, 2.45) is 0 Å². The molecule has 0 aliphatic carbocycles. The number of aryl methyl sites for hydroxylation is 1. The number of hydrogen-bond acceptors (Lipinski definition) is 5. The topological polar surface area (TPSA) is 52.9 Å². The second-order valence-corrected chi connectivity index (χ2v) is 8.79. The molecule has 0 bridgehead atoms. The SMILES string of the molecule is Cc1c2n(c(OC[C@@H]3COCCO3)cc1=O)CCc1cc(N3CCC(F)(F)CC3)ccc1-2. The number of rotatable bonds is 4. The van der Waals surface area contributed by atoms with Crippen molar-refractivity contribution in [2.75, 3.05) is 44.4 Å². The summed E-state index contributed by atoms with van der Waals surface area (Å²) in [4.78, 5) is 14.7. The van der Waals surface area contributed by atoms with E-state index in [4.69, 9.17) is 14.2 Å². The van der Waals surface area contributed by atoms with Gasteiger partial charge in [0.2, 0.25) is 0 Å². The van der Waals surface area contributed by atoms with E-state index in [2.05, 4.69) is 10.6 Å². The number of halogens is 2. The normalized spacial score (nSPS) is 22.2. The van der Waals surface area contributed by atoms with Crippen LogP contribution in [0.25, 0.3) is 11.3 Å². The highest BCUT2D eigenvalue weighted by Gasteiger charge is 2.34. The zero-order valence-electron chi connectivity index (χ0n) is 18.2. The fourth-order valence-electron chi connectivity index (χ4n) is 4.77. The number of fused-ring (bicyclic) bond motifs is 3. The van der Waals surface area contributed by atoms with Crippen LogP contribution in [0, 0.1) is 6.92 Å². The van der Waals surface area contributed by atoms with Gasteiger partial charge in [-0.15, -0.1) is 0 Å². The fraction of sp³-hybridized carbons (Fsp3) is 0.542. The van der Waals surface area contributed by atoms with Gasteiger partial charge in [-0.3, -0.25) is 4.79 Å². The molecule has 2 saturated heterocycles. The third-order valence-electron chi connectivity index (χ3n) is 6.63. The van der Waals surface area contributed by atoms with E-state index in [1.807, 2.05) is 24.0 Å². The lowest BCUT2D eigenvalue weighted by molar-refractivity contribution is -0.102. The lowest BCUT2D eigenvalue weighted by Gasteiger charge is -2.34. The standard InChI is InChI=1S/C24H28F2N2O4/c1-16-21(29)13-22(32-15-19-14-30-10-11-31-19)28-7-4-17-12-18(2-3-20(17)23(16)28)27-8-5-24(25,26)6-9-27/h2-3,12-13,19H,4-11,14-15H2,1H3/t19-/m0/s1. The van der Waals surface area contributed by atoms with Gasteiger partial charge in [-0.1, -0.05) is 6.07 Å². The quantitative estimate of drug-likeness (QED) is 0.721. The number of aromatic nitrogens is 1. The molecule has 0 N–H and O–H groups in total. The second-order valence-electron chi connectivity index (χ2n) is 8.79. The minimum atomic E-state index is -2.56. The number of pyridine rings is 1. The Kier molecular flexibility index (Phi) is 5.67. The Morgan fingerprint density at radius 2 is 1.97 bits per heavy atom. The van der Waals surface area contributed by atoms with E-state index < -0.39 is 5.92 Å². The number of nitrogens with zero attached hydrogens (tertiary/aromatic N) is 2. The number of benzene rings is 1. The lowest BCUT2D eigenvalue weighted by atomic mass is 9.93. The lowest BCUT2D eigenvalue weighted by Crippen LogP contribution is -2.39. The van der Waals surface area contributed by atoms with Crippen LogP contribution >= 0.6 is 0 Å². The van der Waals surface area contributed by atoms with E-state index in [0.29, 0.717) is 57.5 Å². The minimum absolute atomic E-state index is 0.0674. The molecule has 32 heavy (non-hydrogen) atoms. The van der Waals surface area contributed by atoms with E-state index in [1.54, 1.807) is 6.07 Å². The molecule has 8 heteroatoms. The van der Waals surface area contributed by atoms with Gasteiger partial charge in [0.05, 0.1) is 25.5 Å². The number of piperidine rings is 1. The maximum absolute atomic E-state index is 13.5. The molecule has 0 unspecified atom stereocenters. The molecule has 1 atom stereocenters. The Hall–Kier alpha value is -2.45. The molecule has 5 rings (SSSR count). The first kappa shape index (κ1) is 21.4. The summed E-state index contributed by atoms with van der Waals surface area (Å²) in [5, 5.41) is 0. The van der Waals surface area contributed by atoms with Crippen LogP contribution in [0.4, 0.5) is 14.5 Å². The van der Waals surface area contributed by atoms with Crippen LogP contribution in [0.3, 0.4) is 0 Å². The van der Waals surface area contributed by atoms with Crippen molar-refractivity contribution >= 4 is 5.69 Å². The average molecular weight is 446 g/mol. The smallest absolute Gasteiger partial charge is 0.251 e. The fourth-order valence-corrected chi connectivity index (χ4v) is 4.77. The van der Waals surface area contributed by atoms with E-state index in [-0.39, 0.29) is 24.4 Å². The van der Waals surface area contributed by atoms with Crippen LogP contribution in [-0.4, -0.2) is 56.1 Å². The summed E-state index contributed by atoms with van der Waals surface area (Å²) in [7, 11) is 0. The van der Waals surface area contributed by atoms with Gasteiger partial charge < -0.3 is 23.7 Å². The van der Waals surface area contributed by atoms with Crippen LogP contribution in [0.2, 0.25) is 0 Å². The summed E-state index contributed by atoms with van der Waals surface area (Å²) in [6.45, 7) is 5.18. The predicted octanol–water partition coefficient (Wildman–Crippen LogP) is 3.41. The van der Waals surface area contributed by atoms with E-state index >= 15 is 0 Å². The number of anilines is 1. The summed E-state index contributed by atoms with van der Waals surface area (Å²) in [6, 6.07) is 7.63. The first-order chi connectivity index (χ1) is 15.4. The number of alkyl halides is 2. The molecule has 0 saturated carbocycles. The summed E-state index contributed by atoms with van der Waals surface area (Å²) in [5.41, 5.74) is 4.58. The van der Waals surface area contributed by atoms with Crippen molar-refractivity contribution in [3.8, 4) is 17.1 Å². The molecule has 0 spiro atoms. The molecule has 172 valence electrons. The van der Waals surface area contributed by atoms with Crippen molar-refractivity contribution < 1.29 is 23.0 Å². The van der Waals surface area contributed by atoms with Gasteiger partial charge in [0, 0.05) is 55.4 Å². The second kappa shape index (κ2) is 8.48. The van der Waals surface area contributed by atoms with Gasteiger partial charge >= 0.3 is 0 Å². The minimum Gasteiger partial charge on any atom is -0.476 e. The monoisotopic (exact) mass is 446 g/mol. The van der Waals surface area contributed by atoms with Gasteiger partial charge in [-0.25, -0.2) is 8.78 Å². The molecule has 3 aliphatic heterocycles. The van der Waals surface area contributed by atoms with Gasteiger partial charge in [-0.05, 0) is 31.0 Å². The highest BCUT2D eigenvalue weighted by molar-refractivity contribution is 5.72. The molecule has 1 aromatic carbocycles. The molecule has 0 amide bonds. The summed E-state index contributed by atoms with van der Waals surface area (Å²) in [6.07, 6.45) is 0.407. The summed E-state index contributed by atoms with van der Waals surface area (Å²) in [5.74, 6) is -2.02. The molecular weight excluding hydrogens is 418 g/mol. The Balaban J connectivity index is 1.42. The highest BCUT2D eigenvalue weighted by atomic mass is 19.3. The number of hydrogen-bond donors (Lipinski definition) is 0. The molecule has 0 radical (unpaired) electrons. The maximum atomic E-state index is 13.5. The highest BCUT2D eigenvalue weighted by Crippen LogP contribution is 2.37. The van der Waals surface area contributed by atoms with E-state index in [0.717, 1.165) is 28.9 Å². The Bertz CT molecular complexity index is 1050. The maximum Gasteiger partial charge on any atom is 0.251 e. The molecular formula is C24H28F2N2O4. The first-order valence-electron chi connectivity index (χ1n) is 11.2. The average Bonchev–Trinajstić information content (AvgIpc) is 2.80. The van der Waals surface area contributed by atoms with Crippen molar-refractivity contribution in [2.45, 2.75) is 44.8 Å². The summed E-state index contributed by atoms with van der Waals surface area (Å²) < 4.78 is 46.2. The molecule has 2 aromatic rings. The Labute approximate surface area is 185 Å².